The third kappa shape index (κ3) is 3.03. The molecule has 25 heavy (non-hydrogen) atoms. The van der Waals surface area contributed by atoms with Gasteiger partial charge in [-0.2, -0.15) is 4.98 Å². The second-order valence-corrected chi connectivity index (χ2v) is 5.93. The van der Waals surface area contributed by atoms with Crippen molar-refractivity contribution in [2.75, 3.05) is 5.32 Å². The topological polar surface area (TPSA) is 107 Å². The first-order valence-electron chi connectivity index (χ1n) is 7.92. The van der Waals surface area contributed by atoms with Crippen molar-refractivity contribution in [2.45, 2.75) is 19.9 Å². The van der Waals surface area contributed by atoms with E-state index in [0.717, 1.165) is 5.56 Å². The molecule has 0 amide bonds. The highest BCUT2D eigenvalue weighted by atomic mass is 16.5. The summed E-state index contributed by atoms with van der Waals surface area (Å²) in [5, 5.41) is 23.0. The van der Waals surface area contributed by atoms with E-state index in [1.807, 2.05) is 36.4 Å². The van der Waals surface area contributed by atoms with Gasteiger partial charge < -0.3 is 9.84 Å². The Morgan fingerprint density at radius 1 is 1.08 bits per heavy atom. The second-order valence-electron chi connectivity index (χ2n) is 5.93. The van der Waals surface area contributed by atoms with Crippen LogP contribution in [-0.4, -0.2) is 35.4 Å². The average molecular weight is 336 g/mol. The number of nitrogens with one attached hydrogen (secondary N) is 1. The molecule has 126 valence electrons. The van der Waals surface area contributed by atoms with Crippen LogP contribution in [0.5, 0.6) is 0 Å². The molecule has 0 saturated carbocycles. The summed E-state index contributed by atoms with van der Waals surface area (Å²) in [4.78, 5) is 4.54. The van der Waals surface area contributed by atoms with Gasteiger partial charge in [0.2, 0.25) is 11.7 Å². The summed E-state index contributed by atoms with van der Waals surface area (Å²) in [5.74, 6) is 1.90. The first-order valence-corrected chi connectivity index (χ1v) is 7.92. The average Bonchev–Trinajstić information content (AvgIpc) is 3.29. The zero-order valence-corrected chi connectivity index (χ0v) is 13.7. The van der Waals surface area contributed by atoms with Crippen LogP contribution in [0.15, 0.2) is 47.0 Å². The van der Waals surface area contributed by atoms with E-state index in [-0.39, 0.29) is 12.0 Å². The number of benzene rings is 1. The van der Waals surface area contributed by atoms with E-state index < -0.39 is 0 Å². The summed E-state index contributed by atoms with van der Waals surface area (Å²) in [6, 6.07) is 13.1. The molecule has 0 aliphatic rings. The van der Waals surface area contributed by atoms with Crippen molar-refractivity contribution >= 4 is 11.5 Å². The third-order valence-electron chi connectivity index (χ3n) is 3.78. The largest absolute Gasteiger partial charge is 0.357 e. The number of tetrazole rings is 1. The predicted molar refractivity (Wildman–Crippen MR) is 89.5 cm³/mol. The highest BCUT2D eigenvalue weighted by molar-refractivity contribution is 5.53. The molecule has 4 rings (SSSR count). The molecular formula is C16H16N8O. The van der Waals surface area contributed by atoms with Crippen LogP contribution in [0.1, 0.15) is 25.8 Å². The molecule has 0 radical (unpaired) electrons. The van der Waals surface area contributed by atoms with Crippen LogP contribution in [0.3, 0.4) is 0 Å². The molecular weight excluding hydrogens is 320 g/mol. The SMILES string of the molecule is CC(C)[C@@H](Nc1ccc2nnnn2n1)c1nc(-c2ccccc2)no1. The van der Waals surface area contributed by atoms with Gasteiger partial charge in [0.05, 0.1) is 0 Å². The Kier molecular flexibility index (Phi) is 3.81. The molecule has 0 fully saturated rings. The Labute approximate surface area is 143 Å². The number of fused-ring (bicyclic) bond motifs is 1. The summed E-state index contributed by atoms with van der Waals surface area (Å²) in [5.41, 5.74) is 1.49. The second kappa shape index (κ2) is 6.27. The first-order chi connectivity index (χ1) is 12.2. The monoisotopic (exact) mass is 336 g/mol. The number of nitrogens with zero attached hydrogens (tertiary/aromatic N) is 7. The van der Waals surface area contributed by atoms with Gasteiger partial charge in [0, 0.05) is 5.56 Å². The lowest BCUT2D eigenvalue weighted by Gasteiger charge is -2.18. The Balaban J connectivity index is 1.62. The van der Waals surface area contributed by atoms with Gasteiger partial charge in [0.1, 0.15) is 11.9 Å². The van der Waals surface area contributed by atoms with Gasteiger partial charge in [0.25, 0.3) is 0 Å². The number of rotatable bonds is 5. The van der Waals surface area contributed by atoms with Crippen LogP contribution in [-0.2, 0) is 0 Å². The maximum Gasteiger partial charge on any atom is 0.249 e. The van der Waals surface area contributed by atoms with Crippen molar-refractivity contribution in [3.8, 4) is 11.4 Å². The van der Waals surface area contributed by atoms with Crippen LogP contribution >= 0.6 is 0 Å². The molecule has 1 aromatic carbocycles. The minimum Gasteiger partial charge on any atom is -0.357 e. The van der Waals surface area contributed by atoms with Gasteiger partial charge in [-0.3, -0.25) is 0 Å². The fourth-order valence-electron chi connectivity index (χ4n) is 2.47. The molecule has 9 nitrogen and oxygen atoms in total. The molecule has 0 bridgehead atoms. The molecule has 9 heteroatoms. The highest BCUT2D eigenvalue weighted by Gasteiger charge is 2.23. The lowest BCUT2D eigenvalue weighted by Crippen LogP contribution is -2.18. The molecule has 0 spiro atoms. The quantitative estimate of drug-likeness (QED) is 0.592. The maximum atomic E-state index is 5.49. The van der Waals surface area contributed by atoms with E-state index in [1.165, 1.54) is 4.63 Å². The minimum atomic E-state index is -0.189. The molecule has 1 N–H and O–H groups in total. The Morgan fingerprint density at radius 3 is 2.72 bits per heavy atom. The normalized spacial score (nSPS) is 12.6. The number of aromatic nitrogens is 7. The molecule has 1 atom stereocenters. The molecule has 0 unspecified atom stereocenters. The van der Waals surface area contributed by atoms with Crippen molar-refractivity contribution in [3.63, 3.8) is 0 Å². The van der Waals surface area contributed by atoms with E-state index >= 15 is 0 Å². The van der Waals surface area contributed by atoms with Gasteiger partial charge in [-0.1, -0.05) is 49.3 Å². The van der Waals surface area contributed by atoms with Crippen LogP contribution in [0, 0.1) is 5.92 Å². The summed E-state index contributed by atoms with van der Waals surface area (Å²) in [7, 11) is 0. The van der Waals surface area contributed by atoms with Crippen molar-refractivity contribution in [3.05, 3.63) is 48.4 Å². The zero-order valence-electron chi connectivity index (χ0n) is 13.7. The first kappa shape index (κ1) is 15.2. The molecule has 0 aliphatic carbocycles. The van der Waals surface area contributed by atoms with Gasteiger partial charge in [-0.15, -0.1) is 14.8 Å². The Hall–Kier alpha value is -3.36. The fourth-order valence-corrected chi connectivity index (χ4v) is 2.47. The van der Waals surface area contributed by atoms with E-state index in [1.54, 1.807) is 6.07 Å². The van der Waals surface area contributed by atoms with Crippen LogP contribution in [0.25, 0.3) is 17.0 Å². The predicted octanol–water partition coefficient (Wildman–Crippen LogP) is 2.38. The summed E-state index contributed by atoms with van der Waals surface area (Å²) in [6.07, 6.45) is 0. The summed E-state index contributed by atoms with van der Waals surface area (Å²) < 4.78 is 6.85. The van der Waals surface area contributed by atoms with Crippen molar-refractivity contribution < 1.29 is 4.52 Å². The lowest BCUT2D eigenvalue weighted by molar-refractivity contribution is 0.335. The van der Waals surface area contributed by atoms with E-state index in [4.69, 9.17) is 4.52 Å². The van der Waals surface area contributed by atoms with Gasteiger partial charge in [0.15, 0.2) is 5.65 Å². The van der Waals surface area contributed by atoms with E-state index in [9.17, 15) is 0 Å². The van der Waals surface area contributed by atoms with Crippen molar-refractivity contribution in [1.82, 2.24) is 35.4 Å². The maximum absolute atomic E-state index is 5.49. The van der Waals surface area contributed by atoms with Gasteiger partial charge in [-0.05, 0) is 28.5 Å². The minimum absolute atomic E-state index is 0.189. The van der Waals surface area contributed by atoms with Crippen molar-refractivity contribution in [2.24, 2.45) is 5.92 Å². The Morgan fingerprint density at radius 2 is 1.92 bits per heavy atom. The molecule has 4 aromatic rings. The lowest BCUT2D eigenvalue weighted by atomic mass is 10.0. The smallest absolute Gasteiger partial charge is 0.249 e. The fraction of sp³-hybridized carbons (Fsp3) is 0.250. The van der Waals surface area contributed by atoms with Gasteiger partial charge in [-0.25, -0.2) is 0 Å². The van der Waals surface area contributed by atoms with Crippen molar-refractivity contribution in [1.29, 1.82) is 0 Å². The molecule has 3 heterocycles. The number of hydrogen-bond acceptors (Lipinski definition) is 8. The van der Waals surface area contributed by atoms with Crippen LogP contribution in [0.4, 0.5) is 5.82 Å². The number of anilines is 1. The van der Waals surface area contributed by atoms with Crippen LogP contribution < -0.4 is 5.32 Å². The zero-order chi connectivity index (χ0) is 17.2. The van der Waals surface area contributed by atoms with Gasteiger partial charge >= 0.3 is 0 Å². The summed E-state index contributed by atoms with van der Waals surface area (Å²) >= 11 is 0. The standard InChI is InChI=1S/C16H16N8O/c1-10(2)14(17-12-8-9-13-19-22-23-24(13)20-12)16-18-15(21-25-16)11-6-4-3-5-7-11/h3-10,14H,1-2H3,(H,17,20)/t14-/m1/s1. The van der Waals surface area contributed by atoms with E-state index in [0.29, 0.717) is 23.2 Å². The highest BCUT2D eigenvalue weighted by Crippen LogP contribution is 2.26. The number of hydrogen-bond donors (Lipinski definition) is 1. The third-order valence-corrected chi connectivity index (χ3v) is 3.78. The van der Waals surface area contributed by atoms with E-state index in [2.05, 4.69) is 49.9 Å². The molecule has 0 aliphatic heterocycles. The summed E-state index contributed by atoms with van der Waals surface area (Å²) in [6.45, 7) is 4.14. The Bertz CT molecular complexity index is 978. The molecule has 0 saturated heterocycles. The van der Waals surface area contributed by atoms with Crippen LogP contribution in [0.2, 0.25) is 0 Å². The molecule has 3 aromatic heterocycles.